The molecule has 0 aliphatic carbocycles. The molecule has 0 aliphatic heterocycles. The molecule has 8 nitrogen and oxygen atoms in total. The minimum atomic E-state index is -4.65. The first kappa shape index (κ1) is 21.2. The minimum Gasteiger partial charge on any atom is -0.496 e. The quantitative estimate of drug-likeness (QED) is 0.478. The molecule has 0 unspecified atom stereocenters. The molecule has 2 aromatic heterocycles. The van der Waals surface area contributed by atoms with Gasteiger partial charge in [-0.15, -0.1) is 0 Å². The minimum absolute atomic E-state index is 0.0134. The van der Waals surface area contributed by atoms with Gasteiger partial charge in [0.15, 0.2) is 5.76 Å². The number of alkyl halides is 3. The highest BCUT2D eigenvalue weighted by atomic mass is 19.4. The van der Waals surface area contributed by atoms with E-state index in [1.165, 1.54) is 20.3 Å². The zero-order valence-electron chi connectivity index (χ0n) is 16.9. The van der Waals surface area contributed by atoms with Crippen molar-refractivity contribution >= 4 is 16.7 Å². The third-order valence-corrected chi connectivity index (χ3v) is 4.70. The first-order valence-corrected chi connectivity index (χ1v) is 9.32. The molecule has 4 rings (SSSR count). The second-order valence-corrected chi connectivity index (χ2v) is 6.67. The lowest BCUT2D eigenvalue weighted by atomic mass is 10.1. The van der Waals surface area contributed by atoms with Gasteiger partial charge in [0.05, 0.1) is 42.9 Å². The highest BCUT2D eigenvalue weighted by Gasteiger charge is 2.33. The molecule has 1 N–H and O–H groups in total. The average Bonchev–Trinajstić information content (AvgIpc) is 3.24. The zero-order valence-corrected chi connectivity index (χ0v) is 16.9. The van der Waals surface area contributed by atoms with Gasteiger partial charge in [-0.3, -0.25) is 4.57 Å². The predicted molar refractivity (Wildman–Crippen MR) is 109 cm³/mol. The first-order valence-electron chi connectivity index (χ1n) is 9.32. The van der Waals surface area contributed by atoms with Gasteiger partial charge in [0, 0.05) is 6.07 Å². The van der Waals surface area contributed by atoms with Gasteiger partial charge in [0.25, 0.3) is 5.88 Å². The van der Waals surface area contributed by atoms with Gasteiger partial charge in [0.2, 0.25) is 0 Å². The summed E-state index contributed by atoms with van der Waals surface area (Å²) < 4.78 is 57.1. The number of rotatable bonds is 6. The van der Waals surface area contributed by atoms with Gasteiger partial charge in [-0.25, -0.2) is 4.79 Å². The number of fused-ring (bicyclic) bond motifs is 1. The summed E-state index contributed by atoms with van der Waals surface area (Å²) in [5.74, 6) is 0.573. The number of methoxy groups -OCH3 is 2. The lowest BCUT2D eigenvalue weighted by molar-refractivity contribution is -0.137. The molecule has 0 radical (unpaired) electrons. The summed E-state index contributed by atoms with van der Waals surface area (Å²) in [4.78, 5) is 17.0. The van der Waals surface area contributed by atoms with Crippen molar-refractivity contribution in [3.8, 4) is 17.3 Å². The van der Waals surface area contributed by atoms with Crippen LogP contribution in [0.25, 0.3) is 16.6 Å². The van der Waals surface area contributed by atoms with E-state index in [0.717, 1.165) is 16.7 Å². The van der Waals surface area contributed by atoms with Crippen LogP contribution >= 0.6 is 0 Å². The lowest BCUT2D eigenvalue weighted by Crippen LogP contribution is -2.24. The van der Waals surface area contributed by atoms with E-state index in [4.69, 9.17) is 14.0 Å². The Labute approximate surface area is 179 Å². The monoisotopic (exact) mass is 446 g/mol. The van der Waals surface area contributed by atoms with Crippen molar-refractivity contribution in [3.63, 3.8) is 0 Å². The molecule has 4 aromatic rings. The van der Waals surface area contributed by atoms with Gasteiger partial charge in [-0.2, -0.15) is 18.2 Å². The number of para-hydroxylation sites is 1. The Hall–Kier alpha value is -4.02. The van der Waals surface area contributed by atoms with Crippen LogP contribution < -0.4 is 20.5 Å². The van der Waals surface area contributed by atoms with Gasteiger partial charge < -0.3 is 19.3 Å². The second kappa shape index (κ2) is 8.25. The predicted octanol–water partition coefficient (Wildman–Crippen LogP) is 4.02. The molecule has 32 heavy (non-hydrogen) atoms. The van der Waals surface area contributed by atoms with Crippen LogP contribution in [0.1, 0.15) is 11.3 Å². The second-order valence-electron chi connectivity index (χ2n) is 6.67. The Kier molecular flexibility index (Phi) is 5.47. The van der Waals surface area contributed by atoms with E-state index in [-0.39, 0.29) is 34.9 Å². The summed E-state index contributed by atoms with van der Waals surface area (Å²) in [6.07, 6.45) is -4.65. The highest BCUT2D eigenvalue weighted by molar-refractivity contribution is 5.96. The summed E-state index contributed by atoms with van der Waals surface area (Å²) in [5, 5.41) is 6.80. The molecule has 2 heterocycles. The van der Waals surface area contributed by atoms with Crippen LogP contribution in [0.5, 0.6) is 11.6 Å². The number of hydrogen-bond donors (Lipinski definition) is 1. The van der Waals surface area contributed by atoms with E-state index in [1.54, 1.807) is 30.3 Å². The first-order chi connectivity index (χ1) is 15.3. The van der Waals surface area contributed by atoms with Gasteiger partial charge >= 0.3 is 11.9 Å². The standard InChI is InChI=1S/C21H17F3N4O4/c1-30-16-9-12(21(22,23)24)8-15-18(16)19(25-11-14-10-17(31-2)27-32-14)26-20(29)28(15)13-6-4-3-5-7-13/h3-10H,11H2,1-2H3,(H,25,26,29). The van der Waals surface area contributed by atoms with Crippen LogP contribution in [-0.4, -0.2) is 28.9 Å². The van der Waals surface area contributed by atoms with Crippen LogP contribution in [0.3, 0.4) is 0 Å². The van der Waals surface area contributed by atoms with E-state index < -0.39 is 17.4 Å². The fourth-order valence-electron chi connectivity index (χ4n) is 3.24. The highest BCUT2D eigenvalue weighted by Crippen LogP contribution is 2.38. The van der Waals surface area contributed by atoms with Gasteiger partial charge in [0.1, 0.15) is 11.6 Å². The summed E-state index contributed by atoms with van der Waals surface area (Å²) in [6, 6.07) is 11.6. The van der Waals surface area contributed by atoms with Crippen molar-refractivity contribution in [2.24, 2.45) is 0 Å². The zero-order chi connectivity index (χ0) is 22.9. The van der Waals surface area contributed by atoms with Crippen LogP contribution in [0.2, 0.25) is 0 Å². The average molecular weight is 446 g/mol. The van der Waals surface area contributed by atoms with Crippen molar-refractivity contribution < 1.29 is 27.2 Å². The third-order valence-electron chi connectivity index (χ3n) is 4.70. The maximum absolute atomic E-state index is 13.6. The van der Waals surface area contributed by atoms with Crippen molar-refractivity contribution in [3.05, 3.63) is 70.3 Å². The van der Waals surface area contributed by atoms with Crippen molar-refractivity contribution in [1.29, 1.82) is 0 Å². The van der Waals surface area contributed by atoms with Gasteiger partial charge in [-0.1, -0.05) is 18.2 Å². The number of anilines is 1. The normalized spacial score (nSPS) is 11.5. The molecule has 0 fully saturated rings. The number of benzene rings is 2. The van der Waals surface area contributed by atoms with E-state index in [9.17, 15) is 18.0 Å². The fourth-order valence-corrected chi connectivity index (χ4v) is 3.24. The number of ether oxygens (including phenoxy) is 2. The molecule has 0 spiro atoms. The molecule has 0 aliphatic rings. The molecule has 0 atom stereocenters. The largest absolute Gasteiger partial charge is 0.496 e. The Balaban J connectivity index is 1.94. The molecular formula is C21H17F3N4O4. The Bertz CT molecular complexity index is 1320. The third kappa shape index (κ3) is 3.96. The maximum Gasteiger partial charge on any atom is 0.416 e. The maximum atomic E-state index is 13.6. The summed E-state index contributed by atoms with van der Waals surface area (Å²) >= 11 is 0. The number of aromatic nitrogens is 3. The Morgan fingerprint density at radius 1 is 1.09 bits per heavy atom. The number of hydrogen-bond acceptors (Lipinski definition) is 7. The number of halogens is 3. The van der Waals surface area contributed by atoms with Gasteiger partial charge in [-0.05, 0) is 29.4 Å². The van der Waals surface area contributed by atoms with Crippen molar-refractivity contribution in [2.45, 2.75) is 12.7 Å². The lowest BCUT2D eigenvalue weighted by Gasteiger charge is -2.18. The van der Waals surface area contributed by atoms with E-state index in [1.807, 2.05) is 0 Å². The molecule has 166 valence electrons. The summed E-state index contributed by atoms with van der Waals surface area (Å²) in [5.41, 5.74) is -1.37. The van der Waals surface area contributed by atoms with E-state index >= 15 is 0 Å². The number of nitrogens with one attached hydrogen (secondary N) is 1. The topological polar surface area (TPSA) is 91.4 Å². The smallest absolute Gasteiger partial charge is 0.416 e. The van der Waals surface area contributed by atoms with Crippen LogP contribution in [0.4, 0.5) is 19.0 Å². The van der Waals surface area contributed by atoms with Crippen molar-refractivity contribution in [2.75, 3.05) is 19.5 Å². The summed E-state index contributed by atoms with van der Waals surface area (Å²) in [6.45, 7) is 0.0530. The van der Waals surface area contributed by atoms with E-state index in [0.29, 0.717) is 11.4 Å². The molecule has 11 heteroatoms. The van der Waals surface area contributed by atoms with E-state index in [2.05, 4.69) is 15.5 Å². The molecule has 0 saturated heterocycles. The molecule has 0 saturated carbocycles. The van der Waals surface area contributed by atoms with Crippen LogP contribution in [0, 0.1) is 0 Å². The molecular weight excluding hydrogens is 429 g/mol. The molecule has 2 aromatic carbocycles. The molecule has 0 amide bonds. The Morgan fingerprint density at radius 3 is 2.47 bits per heavy atom. The fraction of sp³-hybridized carbons (Fsp3) is 0.190. The number of nitrogens with zero attached hydrogens (tertiary/aromatic N) is 3. The SMILES string of the molecule is COc1cc(CNc2nc(=O)n(-c3ccccc3)c3cc(C(F)(F)F)cc(OC)c23)on1. The van der Waals surface area contributed by atoms with Crippen molar-refractivity contribution in [1.82, 2.24) is 14.7 Å². The van der Waals surface area contributed by atoms with Crippen LogP contribution in [0.15, 0.2) is 57.8 Å². The van der Waals surface area contributed by atoms with Crippen LogP contribution in [-0.2, 0) is 12.7 Å². The Morgan fingerprint density at radius 2 is 1.84 bits per heavy atom. The molecule has 0 bridgehead atoms. The summed E-state index contributed by atoms with van der Waals surface area (Å²) in [7, 11) is 2.68.